The third-order valence-corrected chi connectivity index (χ3v) is 4.75. The number of guanidine groups is 1. The Morgan fingerprint density at radius 1 is 1.33 bits per heavy atom. The number of nitrogens with one attached hydrogen (secondary N) is 3. The third kappa shape index (κ3) is 7.79. The number of carbonyl (C=O) groups is 1. The van der Waals surface area contributed by atoms with Crippen molar-refractivity contribution >= 4 is 33.5 Å². The standard InChI is InChI=1S/C20H32BrN5O/c1-5-22-19(24-13-18(27)25-20(2,3)4)23-12-15-9-10-26(14-15)17-8-6-7-16(21)11-17/h6-8,11,15H,5,9-10,12-14H2,1-4H3,(H,25,27)(H2,22,23,24). The Bertz CT molecular complexity index is 656. The van der Waals surface area contributed by atoms with Gasteiger partial charge in [-0.15, -0.1) is 0 Å². The summed E-state index contributed by atoms with van der Waals surface area (Å²) in [5, 5.41) is 9.53. The molecule has 1 unspecified atom stereocenters. The number of anilines is 1. The number of hydrogen-bond donors (Lipinski definition) is 3. The largest absolute Gasteiger partial charge is 0.371 e. The van der Waals surface area contributed by atoms with Crippen LogP contribution >= 0.6 is 15.9 Å². The summed E-state index contributed by atoms with van der Waals surface area (Å²) in [6.45, 7) is 11.7. The van der Waals surface area contributed by atoms with Gasteiger partial charge in [-0.2, -0.15) is 0 Å². The molecule has 0 radical (unpaired) electrons. The number of carbonyl (C=O) groups excluding carboxylic acids is 1. The fourth-order valence-electron chi connectivity index (χ4n) is 3.10. The number of hydrogen-bond acceptors (Lipinski definition) is 3. The molecular formula is C20H32BrN5O. The van der Waals surface area contributed by atoms with Gasteiger partial charge in [-0.25, -0.2) is 4.99 Å². The molecule has 1 atom stereocenters. The quantitative estimate of drug-likeness (QED) is 0.472. The first kappa shape index (κ1) is 21.5. The average Bonchev–Trinajstić information content (AvgIpc) is 3.05. The minimum Gasteiger partial charge on any atom is -0.371 e. The Labute approximate surface area is 171 Å². The minimum absolute atomic E-state index is 0.0681. The van der Waals surface area contributed by atoms with Crippen LogP contribution in [0, 0.1) is 5.92 Å². The monoisotopic (exact) mass is 437 g/mol. The van der Waals surface area contributed by atoms with Gasteiger partial charge < -0.3 is 20.9 Å². The Kier molecular flexibility index (Phi) is 7.95. The van der Waals surface area contributed by atoms with Crippen LogP contribution in [0.1, 0.15) is 34.1 Å². The number of rotatable bonds is 6. The van der Waals surface area contributed by atoms with Crippen molar-refractivity contribution in [3.8, 4) is 0 Å². The van der Waals surface area contributed by atoms with Gasteiger partial charge in [0, 0.05) is 41.9 Å². The molecule has 0 aliphatic carbocycles. The summed E-state index contributed by atoms with van der Waals surface area (Å²) >= 11 is 3.54. The molecule has 150 valence electrons. The molecule has 1 aromatic carbocycles. The zero-order valence-corrected chi connectivity index (χ0v) is 18.4. The fourth-order valence-corrected chi connectivity index (χ4v) is 3.49. The first-order valence-electron chi connectivity index (χ1n) is 9.60. The van der Waals surface area contributed by atoms with Crippen molar-refractivity contribution in [1.82, 2.24) is 16.0 Å². The van der Waals surface area contributed by atoms with Gasteiger partial charge in [-0.3, -0.25) is 4.79 Å². The van der Waals surface area contributed by atoms with E-state index in [2.05, 4.69) is 60.0 Å². The lowest BCUT2D eigenvalue weighted by atomic mass is 10.1. The molecule has 1 aliphatic rings. The Morgan fingerprint density at radius 3 is 2.78 bits per heavy atom. The molecule has 1 saturated heterocycles. The Hall–Kier alpha value is -1.76. The average molecular weight is 438 g/mol. The van der Waals surface area contributed by atoms with E-state index in [1.807, 2.05) is 33.8 Å². The summed E-state index contributed by atoms with van der Waals surface area (Å²) in [5.74, 6) is 1.18. The maximum Gasteiger partial charge on any atom is 0.242 e. The van der Waals surface area contributed by atoms with E-state index in [1.54, 1.807) is 0 Å². The summed E-state index contributed by atoms with van der Waals surface area (Å²) in [6, 6.07) is 8.44. The Morgan fingerprint density at radius 2 is 2.11 bits per heavy atom. The van der Waals surface area contributed by atoms with Gasteiger partial charge in [0.05, 0.1) is 0 Å². The van der Waals surface area contributed by atoms with Gasteiger partial charge in [-0.1, -0.05) is 22.0 Å². The van der Waals surface area contributed by atoms with Gasteiger partial charge in [0.2, 0.25) is 5.91 Å². The highest BCUT2D eigenvalue weighted by atomic mass is 79.9. The van der Waals surface area contributed by atoms with Crippen LogP contribution in [-0.4, -0.2) is 50.1 Å². The first-order valence-corrected chi connectivity index (χ1v) is 10.4. The number of halogens is 1. The van der Waals surface area contributed by atoms with E-state index >= 15 is 0 Å². The van der Waals surface area contributed by atoms with Crippen LogP contribution in [-0.2, 0) is 4.79 Å². The van der Waals surface area contributed by atoms with Gasteiger partial charge in [-0.05, 0) is 58.2 Å². The van der Waals surface area contributed by atoms with Gasteiger partial charge in [0.1, 0.15) is 6.54 Å². The fraction of sp³-hybridized carbons (Fsp3) is 0.600. The second-order valence-electron chi connectivity index (χ2n) is 7.95. The van der Waals surface area contributed by atoms with E-state index in [0.29, 0.717) is 11.9 Å². The van der Waals surface area contributed by atoms with Crippen LogP contribution in [0.4, 0.5) is 5.69 Å². The summed E-state index contributed by atoms with van der Waals surface area (Å²) in [5.41, 5.74) is 1.02. The Balaban J connectivity index is 1.83. The highest BCUT2D eigenvalue weighted by molar-refractivity contribution is 9.10. The molecule has 7 heteroatoms. The molecule has 1 amide bonds. The zero-order chi connectivity index (χ0) is 19.9. The van der Waals surface area contributed by atoms with E-state index in [0.717, 1.165) is 37.1 Å². The van der Waals surface area contributed by atoms with Crippen LogP contribution in [0.2, 0.25) is 0 Å². The molecule has 0 bridgehead atoms. The second kappa shape index (κ2) is 9.97. The molecule has 2 rings (SSSR count). The molecule has 1 fully saturated rings. The summed E-state index contributed by atoms with van der Waals surface area (Å²) in [4.78, 5) is 18.8. The number of benzene rings is 1. The molecule has 6 nitrogen and oxygen atoms in total. The normalized spacial score (nSPS) is 17.7. The van der Waals surface area contributed by atoms with Crippen molar-refractivity contribution in [3.63, 3.8) is 0 Å². The molecule has 1 aromatic rings. The van der Waals surface area contributed by atoms with Crippen LogP contribution in [0.3, 0.4) is 0 Å². The van der Waals surface area contributed by atoms with E-state index in [4.69, 9.17) is 0 Å². The second-order valence-corrected chi connectivity index (χ2v) is 8.87. The maximum atomic E-state index is 12.0. The topological polar surface area (TPSA) is 68.8 Å². The van der Waals surface area contributed by atoms with Crippen molar-refractivity contribution in [2.45, 2.75) is 39.7 Å². The lowest BCUT2D eigenvalue weighted by Crippen LogP contribution is -2.44. The lowest BCUT2D eigenvalue weighted by Gasteiger charge is -2.20. The summed E-state index contributed by atoms with van der Waals surface area (Å²) < 4.78 is 1.11. The lowest BCUT2D eigenvalue weighted by molar-refractivity contribution is -0.121. The van der Waals surface area contributed by atoms with Crippen molar-refractivity contribution in [2.75, 3.05) is 37.6 Å². The van der Waals surface area contributed by atoms with Crippen LogP contribution in [0.5, 0.6) is 0 Å². The molecule has 1 aliphatic heterocycles. The molecule has 3 N–H and O–H groups in total. The third-order valence-electron chi connectivity index (χ3n) is 4.26. The van der Waals surface area contributed by atoms with Crippen molar-refractivity contribution in [2.24, 2.45) is 10.9 Å². The number of amides is 1. The smallest absolute Gasteiger partial charge is 0.242 e. The number of aliphatic imine (C=N–C) groups is 1. The van der Waals surface area contributed by atoms with Crippen molar-refractivity contribution < 1.29 is 4.79 Å². The molecule has 27 heavy (non-hydrogen) atoms. The zero-order valence-electron chi connectivity index (χ0n) is 16.8. The molecule has 0 saturated carbocycles. The molecule has 0 aromatic heterocycles. The molecule has 1 heterocycles. The number of nitrogens with zero attached hydrogens (tertiary/aromatic N) is 2. The predicted octanol–water partition coefficient (Wildman–Crippen LogP) is 2.75. The van der Waals surface area contributed by atoms with E-state index in [1.165, 1.54) is 5.69 Å². The van der Waals surface area contributed by atoms with E-state index in [9.17, 15) is 4.79 Å². The SMILES string of the molecule is CCNC(=NCC(=O)NC(C)(C)C)NCC1CCN(c2cccc(Br)c2)C1. The first-order chi connectivity index (χ1) is 12.8. The van der Waals surface area contributed by atoms with E-state index < -0.39 is 0 Å². The maximum absolute atomic E-state index is 12.0. The van der Waals surface area contributed by atoms with Crippen molar-refractivity contribution in [3.05, 3.63) is 28.7 Å². The van der Waals surface area contributed by atoms with E-state index in [-0.39, 0.29) is 18.0 Å². The predicted molar refractivity (Wildman–Crippen MR) is 116 cm³/mol. The summed E-state index contributed by atoms with van der Waals surface area (Å²) in [6.07, 6.45) is 1.14. The van der Waals surface area contributed by atoms with Gasteiger partial charge >= 0.3 is 0 Å². The van der Waals surface area contributed by atoms with Gasteiger partial charge in [0.15, 0.2) is 5.96 Å². The minimum atomic E-state index is -0.238. The molecule has 0 spiro atoms. The highest BCUT2D eigenvalue weighted by Gasteiger charge is 2.23. The van der Waals surface area contributed by atoms with Crippen molar-refractivity contribution in [1.29, 1.82) is 0 Å². The van der Waals surface area contributed by atoms with Crippen LogP contribution in [0.15, 0.2) is 33.7 Å². The van der Waals surface area contributed by atoms with Crippen LogP contribution < -0.4 is 20.9 Å². The van der Waals surface area contributed by atoms with Gasteiger partial charge in [0.25, 0.3) is 0 Å². The highest BCUT2D eigenvalue weighted by Crippen LogP contribution is 2.25. The van der Waals surface area contributed by atoms with Crippen LogP contribution in [0.25, 0.3) is 0 Å². The summed E-state index contributed by atoms with van der Waals surface area (Å²) in [7, 11) is 0. The molecular weight excluding hydrogens is 406 g/mol.